The fourth-order valence-electron chi connectivity index (χ4n) is 1.26. The first-order valence-corrected chi connectivity index (χ1v) is 5.75. The Morgan fingerprint density at radius 3 is 2.50 bits per heavy atom. The number of anilines is 1. The molecular weight excluding hydrogens is 202 g/mol. The molecule has 0 aliphatic carbocycles. The van der Waals surface area contributed by atoms with Crippen LogP contribution in [0.4, 0.5) is 5.95 Å². The van der Waals surface area contributed by atoms with E-state index >= 15 is 0 Å². The molecule has 0 aliphatic rings. The Hall–Kier alpha value is -1.23. The molecule has 0 aliphatic heterocycles. The zero-order valence-electron chi connectivity index (χ0n) is 10.6. The van der Waals surface area contributed by atoms with Gasteiger partial charge in [-0.2, -0.15) is 5.10 Å². The molecule has 0 spiro atoms. The smallest absolute Gasteiger partial charge is 0.245 e. The lowest BCUT2D eigenvalue weighted by molar-refractivity contribution is 0.657. The third-order valence-corrected chi connectivity index (χ3v) is 2.47. The maximum atomic E-state index is 4.40. The van der Waals surface area contributed by atoms with Gasteiger partial charge in [-0.1, -0.05) is 6.92 Å². The second-order valence-electron chi connectivity index (χ2n) is 3.95. The monoisotopic (exact) mass is 223 g/mol. The largest absolute Gasteiger partial charge is 0.341 e. The second-order valence-corrected chi connectivity index (χ2v) is 3.95. The highest BCUT2D eigenvalue weighted by atomic mass is 15.3. The van der Waals surface area contributed by atoms with Crippen molar-refractivity contribution in [1.82, 2.24) is 20.5 Å². The van der Waals surface area contributed by atoms with Crippen LogP contribution in [0.25, 0.3) is 0 Å². The van der Waals surface area contributed by atoms with Crippen LogP contribution < -0.4 is 10.2 Å². The number of aryl methyl sites for hydroxylation is 2. The number of nitrogens with zero attached hydrogens (tertiary/aromatic N) is 4. The Labute approximate surface area is 97.3 Å². The fourth-order valence-corrected chi connectivity index (χ4v) is 1.26. The second kappa shape index (κ2) is 6.37. The first kappa shape index (κ1) is 12.8. The van der Waals surface area contributed by atoms with Crippen molar-refractivity contribution < 1.29 is 0 Å². The molecule has 5 nitrogen and oxygen atoms in total. The first-order chi connectivity index (χ1) is 7.65. The number of rotatable bonds is 6. The van der Waals surface area contributed by atoms with Gasteiger partial charge in [0.1, 0.15) is 0 Å². The molecule has 0 bridgehead atoms. The summed E-state index contributed by atoms with van der Waals surface area (Å²) in [6, 6.07) is 0. The van der Waals surface area contributed by atoms with Crippen molar-refractivity contribution in [2.75, 3.05) is 31.6 Å². The summed E-state index contributed by atoms with van der Waals surface area (Å²) in [7, 11) is 1.99. The summed E-state index contributed by atoms with van der Waals surface area (Å²) in [5, 5.41) is 11.5. The molecule has 0 saturated carbocycles. The van der Waals surface area contributed by atoms with Gasteiger partial charge in [-0.05, 0) is 26.8 Å². The van der Waals surface area contributed by atoms with Gasteiger partial charge in [0.15, 0.2) is 0 Å². The molecule has 5 heteroatoms. The molecule has 1 N–H and O–H groups in total. The van der Waals surface area contributed by atoms with Crippen LogP contribution in [0.1, 0.15) is 24.7 Å². The number of hydrogen-bond donors (Lipinski definition) is 1. The lowest BCUT2D eigenvalue weighted by Crippen LogP contribution is -2.31. The van der Waals surface area contributed by atoms with Crippen LogP contribution in [0.2, 0.25) is 0 Å². The average molecular weight is 223 g/mol. The van der Waals surface area contributed by atoms with Crippen LogP contribution in [-0.2, 0) is 0 Å². The molecule has 0 aromatic carbocycles. The topological polar surface area (TPSA) is 53.9 Å². The zero-order valence-corrected chi connectivity index (χ0v) is 10.6. The number of aromatic nitrogens is 3. The van der Waals surface area contributed by atoms with Crippen LogP contribution in [-0.4, -0.2) is 41.9 Å². The Bertz CT molecular complexity index is 326. The summed E-state index contributed by atoms with van der Waals surface area (Å²) in [5.41, 5.74) is 1.83. The highest BCUT2D eigenvalue weighted by molar-refractivity contribution is 5.28. The fraction of sp³-hybridized carbons (Fsp3) is 0.727. The van der Waals surface area contributed by atoms with Crippen molar-refractivity contribution in [3.8, 4) is 0 Å². The van der Waals surface area contributed by atoms with Crippen molar-refractivity contribution in [3.05, 3.63) is 11.4 Å². The van der Waals surface area contributed by atoms with Crippen molar-refractivity contribution in [2.24, 2.45) is 0 Å². The molecule has 0 unspecified atom stereocenters. The summed E-state index contributed by atoms with van der Waals surface area (Å²) in [4.78, 5) is 6.41. The SMILES string of the molecule is CCCNCCN(C)c1nnc(C)c(C)n1. The van der Waals surface area contributed by atoms with E-state index in [0.717, 1.165) is 37.4 Å². The van der Waals surface area contributed by atoms with Crippen molar-refractivity contribution in [1.29, 1.82) is 0 Å². The van der Waals surface area contributed by atoms with Crippen LogP contribution in [0, 0.1) is 13.8 Å². The molecular formula is C11H21N5. The Kier molecular flexibility index (Phi) is 5.11. The lowest BCUT2D eigenvalue weighted by atomic mass is 10.4. The first-order valence-electron chi connectivity index (χ1n) is 5.75. The molecule has 1 aromatic heterocycles. The molecule has 1 rings (SSSR count). The maximum absolute atomic E-state index is 4.40. The highest BCUT2D eigenvalue weighted by Gasteiger charge is 2.06. The normalized spacial score (nSPS) is 10.5. The van der Waals surface area contributed by atoms with E-state index in [1.54, 1.807) is 0 Å². The van der Waals surface area contributed by atoms with Crippen molar-refractivity contribution in [2.45, 2.75) is 27.2 Å². The van der Waals surface area contributed by atoms with Gasteiger partial charge in [0.05, 0.1) is 11.4 Å². The summed E-state index contributed by atoms with van der Waals surface area (Å²) in [6.07, 6.45) is 1.16. The van der Waals surface area contributed by atoms with Gasteiger partial charge in [-0.15, -0.1) is 5.10 Å². The number of likely N-dealkylation sites (N-methyl/N-ethyl adjacent to an activating group) is 1. The molecule has 1 heterocycles. The summed E-state index contributed by atoms with van der Waals surface area (Å²) in [5.74, 6) is 0.696. The van der Waals surface area contributed by atoms with Gasteiger partial charge in [0, 0.05) is 20.1 Å². The minimum absolute atomic E-state index is 0.696. The molecule has 90 valence electrons. The molecule has 0 saturated heterocycles. The van der Waals surface area contributed by atoms with E-state index in [9.17, 15) is 0 Å². The van der Waals surface area contributed by atoms with E-state index in [-0.39, 0.29) is 0 Å². The summed E-state index contributed by atoms with van der Waals surface area (Å²) in [6.45, 7) is 8.93. The van der Waals surface area contributed by atoms with Gasteiger partial charge >= 0.3 is 0 Å². The number of hydrogen-bond acceptors (Lipinski definition) is 5. The number of nitrogens with one attached hydrogen (secondary N) is 1. The minimum Gasteiger partial charge on any atom is -0.341 e. The molecule has 0 fully saturated rings. The van der Waals surface area contributed by atoms with Crippen LogP contribution in [0.3, 0.4) is 0 Å². The van der Waals surface area contributed by atoms with E-state index in [2.05, 4.69) is 27.4 Å². The van der Waals surface area contributed by atoms with Crippen molar-refractivity contribution >= 4 is 5.95 Å². The Balaban J connectivity index is 2.46. The quantitative estimate of drug-likeness (QED) is 0.727. The molecule has 0 atom stereocenters. The lowest BCUT2D eigenvalue weighted by Gasteiger charge is -2.17. The van der Waals surface area contributed by atoms with Crippen LogP contribution in [0.5, 0.6) is 0 Å². The highest BCUT2D eigenvalue weighted by Crippen LogP contribution is 2.05. The predicted octanol–water partition coefficient (Wildman–Crippen LogP) is 0.924. The maximum Gasteiger partial charge on any atom is 0.245 e. The van der Waals surface area contributed by atoms with E-state index < -0.39 is 0 Å². The minimum atomic E-state index is 0.696. The van der Waals surface area contributed by atoms with E-state index in [1.165, 1.54) is 0 Å². The van der Waals surface area contributed by atoms with Gasteiger partial charge in [0.25, 0.3) is 0 Å². The average Bonchev–Trinajstić information content (AvgIpc) is 2.28. The standard InChI is InChI=1S/C11H21N5/c1-5-6-12-7-8-16(4)11-13-9(2)10(3)14-15-11/h12H,5-8H2,1-4H3. The third-order valence-electron chi connectivity index (χ3n) is 2.47. The third kappa shape index (κ3) is 3.73. The van der Waals surface area contributed by atoms with Gasteiger partial charge in [-0.25, -0.2) is 4.98 Å². The molecule has 0 amide bonds. The van der Waals surface area contributed by atoms with E-state index in [1.807, 2.05) is 25.8 Å². The molecule has 16 heavy (non-hydrogen) atoms. The Morgan fingerprint density at radius 1 is 1.12 bits per heavy atom. The van der Waals surface area contributed by atoms with E-state index in [0.29, 0.717) is 5.95 Å². The van der Waals surface area contributed by atoms with Crippen molar-refractivity contribution in [3.63, 3.8) is 0 Å². The predicted molar refractivity (Wildman–Crippen MR) is 65.7 cm³/mol. The summed E-state index contributed by atoms with van der Waals surface area (Å²) >= 11 is 0. The zero-order chi connectivity index (χ0) is 12.0. The molecule has 1 aromatic rings. The molecule has 0 radical (unpaired) electrons. The van der Waals surface area contributed by atoms with Crippen LogP contribution >= 0.6 is 0 Å². The Morgan fingerprint density at radius 2 is 1.88 bits per heavy atom. The van der Waals surface area contributed by atoms with Gasteiger partial charge in [-0.3, -0.25) is 0 Å². The summed E-state index contributed by atoms with van der Waals surface area (Å²) < 4.78 is 0. The van der Waals surface area contributed by atoms with E-state index in [4.69, 9.17) is 0 Å². The van der Waals surface area contributed by atoms with Gasteiger partial charge < -0.3 is 10.2 Å². The van der Waals surface area contributed by atoms with Crippen LogP contribution in [0.15, 0.2) is 0 Å². The van der Waals surface area contributed by atoms with Gasteiger partial charge in [0.2, 0.25) is 5.95 Å².